The van der Waals surface area contributed by atoms with Crippen molar-refractivity contribution in [3.05, 3.63) is 76.4 Å². The average molecular weight is 365 g/mol. The number of carbonyl (C=O) groups excluding carboxylic acids is 1. The van der Waals surface area contributed by atoms with Gasteiger partial charge in [0.1, 0.15) is 29.6 Å². The van der Waals surface area contributed by atoms with Gasteiger partial charge in [0.25, 0.3) is 11.5 Å². The molecular weight excluding hydrogens is 346 g/mol. The normalized spacial score (nSPS) is 17.7. The van der Waals surface area contributed by atoms with Crippen LogP contribution < -0.4 is 9.67 Å². The highest BCUT2D eigenvalue weighted by atomic mass is 16.3. The van der Waals surface area contributed by atoms with Crippen LogP contribution in [0.1, 0.15) is 45.1 Å². The number of pyridine rings is 1. The first kappa shape index (κ1) is 17.3. The molecule has 4 heterocycles. The van der Waals surface area contributed by atoms with Crippen molar-refractivity contribution in [2.24, 2.45) is 0 Å². The maximum atomic E-state index is 12.9. The fourth-order valence-corrected chi connectivity index (χ4v) is 3.42. The van der Waals surface area contributed by atoms with Gasteiger partial charge in [-0.25, -0.2) is 0 Å². The summed E-state index contributed by atoms with van der Waals surface area (Å²) in [6.07, 6.45) is 3.32. The molecule has 0 saturated heterocycles. The second kappa shape index (κ2) is 6.55. The molecule has 6 nitrogen and oxygen atoms in total. The first-order valence-electron chi connectivity index (χ1n) is 8.70. The number of aromatic nitrogens is 1. The molecule has 27 heavy (non-hydrogen) atoms. The van der Waals surface area contributed by atoms with E-state index in [2.05, 4.69) is 0 Å². The Morgan fingerprint density at radius 2 is 1.93 bits per heavy atom. The molecule has 4 rings (SSSR count). The minimum Gasteiger partial charge on any atom is -0.868 e. The van der Waals surface area contributed by atoms with Crippen molar-refractivity contribution in [3.8, 4) is 5.75 Å². The minimum absolute atomic E-state index is 0.200. The minimum atomic E-state index is -0.606. The smallest absolute Gasteiger partial charge is 0.259 e. The van der Waals surface area contributed by atoms with Crippen LogP contribution in [0.3, 0.4) is 0 Å². The van der Waals surface area contributed by atoms with Gasteiger partial charge >= 0.3 is 0 Å². The third-order valence-corrected chi connectivity index (χ3v) is 4.74. The van der Waals surface area contributed by atoms with Crippen molar-refractivity contribution >= 4 is 11.9 Å². The van der Waals surface area contributed by atoms with E-state index in [4.69, 9.17) is 8.83 Å². The van der Waals surface area contributed by atoms with E-state index in [0.29, 0.717) is 34.8 Å². The summed E-state index contributed by atoms with van der Waals surface area (Å²) < 4.78 is 12.6. The van der Waals surface area contributed by atoms with E-state index in [-0.39, 0.29) is 18.1 Å². The lowest BCUT2D eigenvalue weighted by atomic mass is 10.0. The van der Waals surface area contributed by atoms with Crippen LogP contribution in [0.4, 0.5) is 0 Å². The molecule has 0 spiro atoms. The van der Waals surface area contributed by atoms with Gasteiger partial charge in [-0.15, -0.1) is 0 Å². The first-order chi connectivity index (χ1) is 13.0. The van der Waals surface area contributed by atoms with Crippen LogP contribution in [0, 0.1) is 13.8 Å². The standard InChI is InChI=1S/C21H19NO5/c1-12-3-5-15(26-12)7-14-8-18-21(25)17(9-16-6-4-13(2)27-16)19(11-23)22(18)10-20(14)24/h3-6,8-10,19,23H,7,11H2,1-2H3/b17-9+. The monoisotopic (exact) mass is 365 g/mol. The zero-order valence-electron chi connectivity index (χ0n) is 15.1. The predicted octanol–water partition coefficient (Wildman–Crippen LogP) is 2.25. The second-order valence-electron chi connectivity index (χ2n) is 6.72. The van der Waals surface area contributed by atoms with Crippen molar-refractivity contribution < 1.29 is 28.4 Å². The third-order valence-electron chi connectivity index (χ3n) is 4.74. The molecule has 0 aromatic carbocycles. The Hall–Kier alpha value is -3.12. The molecule has 0 bridgehead atoms. The number of hydrogen-bond acceptors (Lipinski definition) is 5. The lowest BCUT2D eigenvalue weighted by Gasteiger charge is -2.12. The highest BCUT2D eigenvalue weighted by Gasteiger charge is 2.42. The fourth-order valence-electron chi connectivity index (χ4n) is 3.42. The van der Waals surface area contributed by atoms with Crippen molar-refractivity contribution in [1.29, 1.82) is 0 Å². The Morgan fingerprint density at radius 3 is 2.56 bits per heavy atom. The number of fused-ring (bicyclic) bond motifs is 1. The van der Waals surface area contributed by atoms with Gasteiger partial charge in [-0.3, -0.25) is 4.79 Å². The predicted molar refractivity (Wildman–Crippen MR) is 94.2 cm³/mol. The Morgan fingerprint density at radius 1 is 1.19 bits per heavy atom. The molecule has 3 aromatic heterocycles. The number of furan rings is 2. The van der Waals surface area contributed by atoms with Gasteiger partial charge in [-0.1, -0.05) is 0 Å². The zero-order valence-corrected chi connectivity index (χ0v) is 15.1. The molecule has 6 heteroatoms. The molecule has 1 N–H and O–H groups in total. The number of carbonyl (C=O) groups is 1. The van der Waals surface area contributed by atoms with E-state index >= 15 is 0 Å². The molecule has 0 aliphatic carbocycles. The second-order valence-corrected chi connectivity index (χ2v) is 6.72. The number of nitrogens with zero attached hydrogens (tertiary/aromatic N) is 1. The van der Waals surface area contributed by atoms with E-state index in [1.54, 1.807) is 28.8 Å². The molecule has 1 aliphatic heterocycles. The van der Waals surface area contributed by atoms with E-state index in [9.17, 15) is 15.0 Å². The summed E-state index contributed by atoms with van der Waals surface area (Å²) in [7, 11) is 0. The maximum absolute atomic E-state index is 12.9. The van der Waals surface area contributed by atoms with Gasteiger partial charge in [0.2, 0.25) is 6.04 Å². The van der Waals surface area contributed by atoms with Crippen LogP contribution >= 0.6 is 0 Å². The number of Topliss-reactive ketones (excluding diaryl/α,β-unsaturated/α-hetero) is 1. The summed E-state index contributed by atoms with van der Waals surface area (Å²) in [6, 6.07) is 8.21. The van der Waals surface area contributed by atoms with Crippen LogP contribution in [0.15, 0.2) is 50.9 Å². The van der Waals surface area contributed by atoms with E-state index < -0.39 is 6.04 Å². The lowest BCUT2D eigenvalue weighted by molar-refractivity contribution is -0.712. The maximum Gasteiger partial charge on any atom is 0.259 e. The van der Waals surface area contributed by atoms with Crippen LogP contribution in [0.2, 0.25) is 0 Å². The average Bonchev–Trinajstić information content (AvgIpc) is 3.29. The summed E-state index contributed by atoms with van der Waals surface area (Å²) in [5.74, 6) is 2.28. The highest BCUT2D eigenvalue weighted by molar-refractivity contribution is 6.11. The van der Waals surface area contributed by atoms with Gasteiger partial charge in [0.05, 0.1) is 5.57 Å². The summed E-state index contributed by atoms with van der Waals surface area (Å²) in [6.45, 7) is 3.37. The third kappa shape index (κ3) is 3.08. The van der Waals surface area contributed by atoms with E-state index in [1.165, 1.54) is 6.20 Å². The molecule has 1 atom stereocenters. The molecule has 0 fully saturated rings. The Balaban J connectivity index is 1.74. The quantitative estimate of drug-likeness (QED) is 0.566. The Labute approximate surface area is 156 Å². The lowest BCUT2D eigenvalue weighted by Crippen LogP contribution is -2.41. The molecule has 1 unspecified atom stereocenters. The SMILES string of the molecule is Cc1ccc(/C=C2/C(=O)c3cc(Cc4ccc(C)o4)c([O-])c[n+]3C2CO)o1. The molecule has 3 aromatic rings. The number of hydrogen-bond donors (Lipinski definition) is 1. The van der Waals surface area contributed by atoms with E-state index in [1.807, 2.05) is 26.0 Å². The largest absolute Gasteiger partial charge is 0.868 e. The summed E-state index contributed by atoms with van der Waals surface area (Å²) in [5, 5.41) is 22.4. The van der Waals surface area contributed by atoms with Crippen LogP contribution in [-0.4, -0.2) is 17.5 Å². The molecule has 138 valence electrons. The Bertz CT molecular complexity index is 1060. The summed E-state index contributed by atoms with van der Waals surface area (Å²) >= 11 is 0. The Kier molecular flexibility index (Phi) is 4.20. The van der Waals surface area contributed by atoms with Gasteiger partial charge in [0, 0.05) is 12.5 Å². The number of aliphatic hydroxyl groups is 1. The first-order valence-corrected chi connectivity index (χ1v) is 8.70. The van der Waals surface area contributed by atoms with Gasteiger partial charge in [0.15, 0.2) is 6.20 Å². The summed E-state index contributed by atoms with van der Waals surface area (Å²) in [4.78, 5) is 12.9. The van der Waals surface area contributed by atoms with Gasteiger partial charge in [-0.2, -0.15) is 4.57 Å². The fraction of sp³-hybridized carbons (Fsp3) is 0.238. The summed E-state index contributed by atoms with van der Waals surface area (Å²) in [5.41, 5.74) is 1.26. The highest BCUT2D eigenvalue weighted by Crippen LogP contribution is 2.29. The number of rotatable bonds is 4. The molecule has 0 radical (unpaired) electrons. The number of aryl methyl sites for hydroxylation is 2. The molecule has 0 saturated carbocycles. The van der Waals surface area contributed by atoms with Gasteiger partial charge in [-0.05, 0) is 55.5 Å². The van der Waals surface area contributed by atoms with Crippen LogP contribution in [0.5, 0.6) is 5.75 Å². The van der Waals surface area contributed by atoms with Crippen LogP contribution in [0.25, 0.3) is 6.08 Å². The zero-order chi connectivity index (χ0) is 19.1. The molecule has 0 amide bonds. The van der Waals surface area contributed by atoms with E-state index in [0.717, 1.165) is 11.5 Å². The number of aliphatic hydroxyl groups excluding tert-OH is 1. The van der Waals surface area contributed by atoms with Gasteiger partial charge < -0.3 is 19.0 Å². The van der Waals surface area contributed by atoms with Crippen molar-refractivity contribution in [2.45, 2.75) is 26.3 Å². The van der Waals surface area contributed by atoms with Crippen molar-refractivity contribution in [1.82, 2.24) is 0 Å². The number of ketones is 1. The van der Waals surface area contributed by atoms with Crippen LogP contribution in [-0.2, 0) is 6.42 Å². The molecule has 1 aliphatic rings. The van der Waals surface area contributed by atoms with Crippen molar-refractivity contribution in [2.75, 3.05) is 6.61 Å². The topological polar surface area (TPSA) is 90.5 Å². The molecular formula is C21H19NO5. The van der Waals surface area contributed by atoms with Crippen molar-refractivity contribution in [3.63, 3.8) is 0 Å².